The van der Waals surface area contributed by atoms with Crippen LogP contribution in [0.15, 0.2) is 12.1 Å². The highest BCUT2D eigenvalue weighted by molar-refractivity contribution is 5.53. The van der Waals surface area contributed by atoms with Crippen LogP contribution in [0.1, 0.15) is 25.3 Å². The van der Waals surface area contributed by atoms with Crippen molar-refractivity contribution in [1.29, 1.82) is 5.26 Å². The average molecular weight is 236 g/mol. The van der Waals surface area contributed by atoms with Gasteiger partial charge in [0.25, 0.3) is 0 Å². The van der Waals surface area contributed by atoms with Crippen molar-refractivity contribution < 1.29 is 8.78 Å². The van der Waals surface area contributed by atoms with Crippen molar-refractivity contribution >= 4 is 5.69 Å². The summed E-state index contributed by atoms with van der Waals surface area (Å²) in [5.41, 5.74) is -0.0281. The fourth-order valence-electron chi connectivity index (χ4n) is 2.07. The lowest BCUT2D eigenvalue weighted by Crippen LogP contribution is -2.32. The SMILES string of the molecule is CC(C1CC1)N(C)c1c(F)cc(C#N)cc1F. The molecule has 1 aliphatic rings. The summed E-state index contributed by atoms with van der Waals surface area (Å²) in [6.45, 7) is 1.97. The smallest absolute Gasteiger partial charge is 0.150 e. The van der Waals surface area contributed by atoms with Gasteiger partial charge in [0.2, 0.25) is 0 Å². The number of nitrogens with zero attached hydrogens (tertiary/aromatic N) is 2. The van der Waals surface area contributed by atoms with E-state index in [1.165, 1.54) is 0 Å². The number of anilines is 1. The third kappa shape index (κ3) is 2.23. The molecule has 90 valence electrons. The summed E-state index contributed by atoms with van der Waals surface area (Å²) in [5.74, 6) is -0.817. The van der Waals surface area contributed by atoms with Crippen molar-refractivity contribution in [3.63, 3.8) is 0 Å². The van der Waals surface area contributed by atoms with Gasteiger partial charge in [0.1, 0.15) is 5.69 Å². The van der Waals surface area contributed by atoms with Gasteiger partial charge in [-0.25, -0.2) is 8.78 Å². The molecule has 0 N–H and O–H groups in total. The zero-order chi connectivity index (χ0) is 12.6. The second-order valence-corrected chi connectivity index (χ2v) is 4.59. The first-order valence-electron chi connectivity index (χ1n) is 5.66. The maximum atomic E-state index is 13.8. The normalized spacial score (nSPS) is 16.4. The first kappa shape index (κ1) is 11.8. The van der Waals surface area contributed by atoms with E-state index in [9.17, 15) is 8.78 Å². The Kier molecular flexibility index (Phi) is 3.01. The van der Waals surface area contributed by atoms with Crippen LogP contribution in [0.4, 0.5) is 14.5 Å². The van der Waals surface area contributed by atoms with E-state index < -0.39 is 11.6 Å². The molecule has 1 saturated carbocycles. The van der Waals surface area contributed by atoms with Crippen LogP contribution in [0.3, 0.4) is 0 Å². The van der Waals surface area contributed by atoms with Gasteiger partial charge in [-0.05, 0) is 37.8 Å². The Bertz CT molecular complexity index is 452. The van der Waals surface area contributed by atoms with E-state index in [-0.39, 0.29) is 17.3 Å². The van der Waals surface area contributed by atoms with E-state index in [2.05, 4.69) is 0 Å². The summed E-state index contributed by atoms with van der Waals surface area (Å²) in [6, 6.07) is 4.01. The van der Waals surface area contributed by atoms with Gasteiger partial charge < -0.3 is 4.90 Å². The van der Waals surface area contributed by atoms with Crippen molar-refractivity contribution in [2.24, 2.45) is 5.92 Å². The molecule has 0 radical (unpaired) electrons. The molecule has 1 unspecified atom stereocenters. The van der Waals surface area contributed by atoms with Gasteiger partial charge in [-0.1, -0.05) is 0 Å². The molecule has 0 spiro atoms. The molecule has 2 nitrogen and oxygen atoms in total. The summed E-state index contributed by atoms with van der Waals surface area (Å²) < 4.78 is 27.5. The van der Waals surface area contributed by atoms with Crippen LogP contribution in [-0.2, 0) is 0 Å². The van der Waals surface area contributed by atoms with Gasteiger partial charge >= 0.3 is 0 Å². The Morgan fingerprint density at radius 3 is 2.29 bits per heavy atom. The van der Waals surface area contributed by atoms with Crippen LogP contribution in [0.2, 0.25) is 0 Å². The molecule has 1 fully saturated rings. The minimum absolute atomic E-state index is 0.0104. The first-order chi connectivity index (χ1) is 8.04. The first-order valence-corrected chi connectivity index (χ1v) is 5.66. The largest absolute Gasteiger partial charge is 0.367 e. The monoisotopic (exact) mass is 236 g/mol. The predicted octanol–water partition coefficient (Wildman–Crippen LogP) is 3.07. The zero-order valence-electron chi connectivity index (χ0n) is 9.87. The third-order valence-corrected chi connectivity index (χ3v) is 3.41. The summed E-state index contributed by atoms with van der Waals surface area (Å²) in [4.78, 5) is 1.63. The molecular formula is C13H14F2N2. The van der Waals surface area contributed by atoms with Crippen LogP contribution in [0, 0.1) is 28.9 Å². The molecule has 1 aliphatic carbocycles. The van der Waals surface area contributed by atoms with E-state index in [1.807, 2.05) is 6.92 Å². The van der Waals surface area contributed by atoms with Crippen molar-refractivity contribution in [3.05, 3.63) is 29.3 Å². The Balaban J connectivity index is 2.34. The summed E-state index contributed by atoms with van der Waals surface area (Å²) in [6.07, 6.45) is 2.23. The summed E-state index contributed by atoms with van der Waals surface area (Å²) in [7, 11) is 1.69. The molecule has 0 amide bonds. The van der Waals surface area contributed by atoms with Gasteiger partial charge in [-0.3, -0.25) is 0 Å². The van der Waals surface area contributed by atoms with Gasteiger partial charge in [0, 0.05) is 13.1 Å². The van der Waals surface area contributed by atoms with E-state index >= 15 is 0 Å². The van der Waals surface area contributed by atoms with Gasteiger partial charge in [0.05, 0.1) is 11.6 Å². The highest BCUT2D eigenvalue weighted by Crippen LogP contribution is 2.37. The number of hydrogen-bond acceptors (Lipinski definition) is 2. The molecule has 0 aromatic heterocycles. The zero-order valence-corrected chi connectivity index (χ0v) is 9.87. The van der Waals surface area contributed by atoms with E-state index in [0.29, 0.717) is 5.92 Å². The van der Waals surface area contributed by atoms with Gasteiger partial charge in [0.15, 0.2) is 11.6 Å². The standard InChI is InChI=1S/C13H14F2N2/c1-8(10-3-4-10)17(2)13-11(14)5-9(7-16)6-12(13)15/h5-6,8,10H,3-4H2,1-2H3. The van der Waals surface area contributed by atoms with E-state index in [0.717, 1.165) is 25.0 Å². The molecule has 1 aromatic rings. The fraction of sp³-hybridized carbons (Fsp3) is 0.462. The molecule has 0 saturated heterocycles. The molecule has 2 rings (SSSR count). The van der Waals surface area contributed by atoms with Crippen LogP contribution >= 0.6 is 0 Å². The van der Waals surface area contributed by atoms with Crippen molar-refractivity contribution in [3.8, 4) is 6.07 Å². The molecule has 0 heterocycles. The van der Waals surface area contributed by atoms with E-state index in [4.69, 9.17) is 5.26 Å². The molecule has 0 bridgehead atoms. The van der Waals surface area contributed by atoms with Crippen LogP contribution < -0.4 is 4.90 Å². The van der Waals surface area contributed by atoms with Gasteiger partial charge in [-0.15, -0.1) is 0 Å². The van der Waals surface area contributed by atoms with Crippen molar-refractivity contribution in [2.75, 3.05) is 11.9 Å². The van der Waals surface area contributed by atoms with Crippen molar-refractivity contribution in [2.45, 2.75) is 25.8 Å². The Labute approximate surface area is 99.5 Å². The summed E-state index contributed by atoms with van der Waals surface area (Å²) >= 11 is 0. The number of halogens is 2. The molecular weight excluding hydrogens is 222 g/mol. The Hall–Kier alpha value is -1.63. The number of benzene rings is 1. The second-order valence-electron chi connectivity index (χ2n) is 4.59. The molecule has 1 aromatic carbocycles. The summed E-state index contributed by atoms with van der Waals surface area (Å²) in [5, 5.41) is 8.63. The average Bonchev–Trinajstić information content (AvgIpc) is 3.10. The quantitative estimate of drug-likeness (QED) is 0.806. The molecule has 1 atom stereocenters. The Morgan fingerprint density at radius 2 is 1.88 bits per heavy atom. The van der Waals surface area contributed by atoms with Crippen molar-refractivity contribution in [1.82, 2.24) is 0 Å². The fourth-order valence-corrected chi connectivity index (χ4v) is 2.07. The number of nitriles is 1. The van der Waals surface area contributed by atoms with Crippen LogP contribution in [0.5, 0.6) is 0 Å². The molecule has 17 heavy (non-hydrogen) atoms. The second kappa shape index (κ2) is 4.33. The number of hydrogen-bond donors (Lipinski definition) is 0. The lowest BCUT2D eigenvalue weighted by Gasteiger charge is -2.27. The highest BCUT2D eigenvalue weighted by atomic mass is 19.1. The third-order valence-electron chi connectivity index (χ3n) is 3.41. The van der Waals surface area contributed by atoms with Crippen LogP contribution in [-0.4, -0.2) is 13.1 Å². The van der Waals surface area contributed by atoms with Gasteiger partial charge in [-0.2, -0.15) is 5.26 Å². The lowest BCUT2D eigenvalue weighted by molar-refractivity contribution is 0.542. The Morgan fingerprint density at radius 1 is 1.35 bits per heavy atom. The van der Waals surface area contributed by atoms with E-state index in [1.54, 1.807) is 18.0 Å². The predicted molar refractivity (Wildman–Crippen MR) is 61.7 cm³/mol. The highest BCUT2D eigenvalue weighted by Gasteiger charge is 2.32. The van der Waals surface area contributed by atoms with Crippen LogP contribution in [0.25, 0.3) is 0 Å². The topological polar surface area (TPSA) is 27.0 Å². The maximum absolute atomic E-state index is 13.8. The minimum Gasteiger partial charge on any atom is -0.367 e. The lowest BCUT2D eigenvalue weighted by atomic mass is 10.1. The molecule has 4 heteroatoms. The molecule has 0 aliphatic heterocycles. The minimum atomic E-state index is -0.670. The maximum Gasteiger partial charge on any atom is 0.150 e. The number of rotatable bonds is 3.